The molecule has 2 amide bonds. The number of piperidine rings is 1. The Morgan fingerprint density at radius 1 is 1.11 bits per heavy atom. The van der Waals surface area contributed by atoms with Crippen LogP contribution in [0.5, 0.6) is 0 Å². The van der Waals surface area contributed by atoms with Crippen molar-refractivity contribution in [2.24, 2.45) is 0 Å². The number of hydrogen-bond acceptors (Lipinski definition) is 5. The van der Waals surface area contributed by atoms with E-state index in [1.165, 1.54) is 11.3 Å². The van der Waals surface area contributed by atoms with Gasteiger partial charge in [0.25, 0.3) is 11.8 Å². The number of nitrogens with one attached hydrogen (secondary N) is 1. The monoisotopic (exact) mass is 387 g/mol. The van der Waals surface area contributed by atoms with Gasteiger partial charge in [-0.15, -0.1) is 11.3 Å². The van der Waals surface area contributed by atoms with Gasteiger partial charge in [0.05, 0.1) is 10.9 Å². The van der Waals surface area contributed by atoms with Crippen molar-refractivity contribution in [3.8, 4) is 0 Å². The van der Waals surface area contributed by atoms with Gasteiger partial charge in [-0.2, -0.15) is 5.10 Å². The van der Waals surface area contributed by atoms with Crippen molar-refractivity contribution in [3.05, 3.63) is 39.8 Å². The third-order valence-corrected chi connectivity index (χ3v) is 6.27. The first-order valence-electron chi connectivity index (χ1n) is 9.52. The Balaban J connectivity index is 1.34. The molecule has 2 fully saturated rings. The highest BCUT2D eigenvalue weighted by Gasteiger charge is 2.27. The maximum atomic E-state index is 12.8. The first-order chi connectivity index (χ1) is 13.1. The fourth-order valence-corrected chi connectivity index (χ4v) is 4.53. The zero-order valence-corrected chi connectivity index (χ0v) is 16.4. The molecule has 4 heterocycles. The first-order valence-corrected chi connectivity index (χ1v) is 10.3. The topological polar surface area (TPSA) is 70.5 Å². The predicted octanol–water partition coefficient (Wildman–Crippen LogP) is 1.78. The number of thiophene rings is 1. The summed E-state index contributed by atoms with van der Waals surface area (Å²) in [5.74, 6) is 0.0193. The van der Waals surface area contributed by atoms with Crippen LogP contribution >= 0.6 is 11.3 Å². The van der Waals surface area contributed by atoms with Gasteiger partial charge in [-0.25, -0.2) is 0 Å². The molecule has 2 aliphatic rings. The summed E-state index contributed by atoms with van der Waals surface area (Å²) in [5, 5.41) is 7.89. The number of carbonyl (C=O) groups is 2. The van der Waals surface area contributed by atoms with E-state index in [-0.39, 0.29) is 11.8 Å². The zero-order valence-electron chi connectivity index (χ0n) is 15.6. The van der Waals surface area contributed by atoms with Crippen LogP contribution in [-0.2, 0) is 0 Å². The van der Waals surface area contributed by atoms with Gasteiger partial charge >= 0.3 is 0 Å². The lowest BCUT2D eigenvalue weighted by Crippen LogP contribution is -2.50. The minimum absolute atomic E-state index is 0.0448. The average molecular weight is 388 g/mol. The summed E-state index contributed by atoms with van der Waals surface area (Å²) in [6.45, 7) is 6.18. The van der Waals surface area contributed by atoms with E-state index in [0.29, 0.717) is 37.9 Å². The van der Waals surface area contributed by atoms with E-state index in [1.807, 2.05) is 40.9 Å². The molecule has 1 atom stereocenters. The van der Waals surface area contributed by atoms with Crippen LogP contribution in [0.4, 0.5) is 0 Å². The molecule has 2 aromatic heterocycles. The van der Waals surface area contributed by atoms with E-state index in [4.69, 9.17) is 0 Å². The third kappa shape index (κ3) is 3.91. The summed E-state index contributed by atoms with van der Waals surface area (Å²) in [6, 6.07) is 5.98. The van der Waals surface area contributed by atoms with E-state index in [1.54, 1.807) is 4.90 Å². The van der Waals surface area contributed by atoms with E-state index in [0.717, 1.165) is 35.7 Å². The van der Waals surface area contributed by atoms with E-state index in [2.05, 4.69) is 10.4 Å². The van der Waals surface area contributed by atoms with Crippen molar-refractivity contribution in [2.75, 3.05) is 39.3 Å². The summed E-state index contributed by atoms with van der Waals surface area (Å²) in [5.41, 5.74) is 0.495. The van der Waals surface area contributed by atoms with Gasteiger partial charge < -0.3 is 15.1 Å². The van der Waals surface area contributed by atoms with Crippen molar-refractivity contribution < 1.29 is 9.59 Å². The molecular weight excluding hydrogens is 362 g/mol. The van der Waals surface area contributed by atoms with Crippen molar-refractivity contribution >= 4 is 23.2 Å². The van der Waals surface area contributed by atoms with E-state index >= 15 is 0 Å². The fourth-order valence-electron chi connectivity index (χ4n) is 3.69. The second kappa shape index (κ2) is 7.82. The Morgan fingerprint density at radius 3 is 2.48 bits per heavy atom. The molecule has 0 radical (unpaired) electrons. The quantitative estimate of drug-likeness (QED) is 0.872. The molecule has 7 nitrogen and oxygen atoms in total. The third-order valence-electron chi connectivity index (χ3n) is 5.28. The lowest BCUT2D eigenvalue weighted by Gasteiger charge is -2.34. The van der Waals surface area contributed by atoms with Crippen molar-refractivity contribution in [1.29, 1.82) is 0 Å². The highest BCUT2D eigenvalue weighted by atomic mass is 32.1. The van der Waals surface area contributed by atoms with Gasteiger partial charge in [0.1, 0.15) is 5.69 Å². The second-order valence-electron chi connectivity index (χ2n) is 7.18. The lowest BCUT2D eigenvalue weighted by atomic mass is 10.1. The van der Waals surface area contributed by atoms with Crippen molar-refractivity contribution in [2.45, 2.75) is 25.8 Å². The molecule has 0 saturated carbocycles. The molecule has 2 saturated heterocycles. The SMILES string of the molecule is Cc1ccc(C(=O)N2CCN(C(=O)c3ccn(C4CCCNC4)n3)CC2)s1. The number of nitrogens with zero attached hydrogens (tertiary/aromatic N) is 4. The summed E-state index contributed by atoms with van der Waals surface area (Å²) in [6.07, 6.45) is 4.13. The van der Waals surface area contributed by atoms with Crippen LogP contribution in [0.2, 0.25) is 0 Å². The number of carbonyl (C=O) groups excluding carboxylic acids is 2. The molecular formula is C19H25N5O2S. The maximum Gasteiger partial charge on any atom is 0.274 e. The Hall–Kier alpha value is -2.19. The van der Waals surface area contributed by atoms with Crippen LogP contribution in [-0.4, -0.2) is 70.7 Å². The molecule has 4 rings (SSSR count). The highest BCUT2D eigenvalue weighted by molar-refractivity contribution is 7.13. The minimum atomic E-state index is -0.0448. The van der Waals surface area contributed by atoms with Gasteiger partial charge in [-0.3, -0.25) is 14.3 Å². The fraction of sp³-hybridized carbons (Fsp3) is 0.526. The predicted molar refractivity (Wildman–Crippen MR) is 104 cm³/mol. The molecule has 2 aromatic rings. The standard InChI is InChI=1S/C19H25N5O2S/c1-14-4-5-17(27-14)19(26)23-11-9-22(10-12-23)18(25)16-6-8-24(21-16)15-3-2-7-20-13-15/h4-6,8,15,20H,2-3,7,9-13H2,1H3. The molecule has 1 unspecified atom stereocenters. The van der Waals surface area contributed by atoms with Crippen molar-refractivity contribution in [3.63, 3.8) is 0 Å². The van der Waals surface area contributed by atoms with E-state index < -0.39 is 0 Å². The summed E-state index contributed by atoms with van der Waals surface area (Å²) < 4.78 is 1.91. The lowest BCUT2D eigenvalue weighted by molar-refractivity contribution is 0.0534. The Labute approximate surface area is 162 Å². The van der Waals surface area contributed by atoms with E-state index in [9.17, 15) is 9.59 Å². The molecule has 0 bridgehead atoms. The maximum absolute atomic E-state index is 12.8. The van der Waals surface area contributed by atoms with Gasteiger partial charge in [-0.05, 0) is 44.5 Å². The molecule has 2 aliphatic heterocycles. The molecule has 144 valence electrons. The van der Waals surface area contributed by atoms with Gasteiger partial charge in [-0.1, -0.05) is 0 Å². The number of amides is 2. The van der Waals surface area contributed by atoms with Crippen molar-refractivity contribution in [1.82, 2.24) is 24.9 Å². The van der Waals surface area contributed by atoms with Gasteiger partial charge in [0.15, 0.2) is 0 Å². The molecule has 0 aliphatic carbocycles. The molecule has 1 N–H and O–H groups in total. The average Bonchev–Trinajstić information content (AvgIpc) is 3.37. The smallest absolute Gasteiger partial charge is 0.274 e. The number of hydrogen-bond donors (Lipinski definition) is 1. The van der Waals surface area contributed by atoms with Crippen LogP contribution in [0, 0.1) is 6.92 Å². The minimum Gasteiger partial charge on any atom is -0.334 e. The number of aryl methyl sites for hydroxylation is 1. The number of rotatable bonds is 3. The van der Waals surface area contributed by atoms with Crippen LogP contribution < -0.4 is 5.32 Å². The molecule has 0 spiro atoms. The number of piperazine rings is 1. The Morgan fingerprint density at radius 2 is 1.85 bits per heavy atom. The normalized spacial score (nSPS) is 20.7. The van der Waals surface area contributed by atoms with Crippen LogP contribution in [0.1, 0.15) is 43.9 Å². The van der Waals surface area contributed by atoms with Crippen LogP contribution in [0.3, 0.4) is 0 Å². The van der Waals surface area contributed by atoms with Crippen LogP contribution in [0.25, 0.3) is 0 Å². The molecule has 27 heavy (non-hydrogen) atoms. The van der Waals surface area contributed by atoms with Gasteiger partial charge in [0.2, 0.25) is 0 Å². The van der Waals surface area contributed by atoms with Crippen LogP contribution in [0.15, 0.2) is 24.4 Å². The Bertz CT molecular complexity index is 816. The second-order valence-corrected chi connectivity index (χ2v) is 8.46. The number of aromatic nitrogens is 2. The Kier molecular flexibility index (Phi) is 5.27. The summed E-state index contributed by atoms with van der Waals surface area (Å²) >= 11 is 1.52. The summed E-state index contributed by atoms with van der Waals surface area (Å²) in [4.78, 5) is 30.9. The molecule has 0 aromatic carbocycles. The largest absolute Gasteiger partial charge is 0.334 e. The molecule has 8 heteroatoms. The zero-order chi connectivity index (χ0) is 18.8. The summed E-state index contributed by atoms with van der Waals surface area (Å²) in [7, 11) is 0. The highest BCUT2D eigenvalue weighted by Crippen LogP contribution is 2.19. The first kappa shape index (κ1) is 18.2. The van der Waals surface area contributed by atoms with Gasteiger partial charge in [0, 0.05) is 43.8 Å².